The van der Waals surface area contributed by atoms with Crippen LogP contribution in [0.5, 0.6) is 0 Å². The Labute approximate surface area is 125 Å². The van der Waals surface area contributed by atoms with Gasteiger partial charge in [-0.15, -0.1) is 11.3 Å². The van der Waals surface area contributed by atoms with Crippen LogP contribution in [0.4, 0.5) is 11.4 Å². The van der Waals surface area contributed by atoms with E-state index < -0.39 is 0 Å². The second-order valence-corrected chi connectivity index (χ2v) is 6.01. The lowest BCUT2D eigenvalue weighted by atomic mass is 10.0. The lowest BCUT2D eigenvalue weighted by molar-refractivity contribution is 0.974. The van der Waals surface area contributed by atoms with Gasteiger partial charge in [0.2, 0.25) is 0 Å². The molecule has 3 heteroatoms. The van der Waals surface area contributed by atoms with Crippen LogP contribution in [0.2, 0.25) is 0 Å². The number of anilines is 2. The molecule has 0 unspecified atom stereocenters. The second-order valence-electron chi connectivity index (χ2n) is 5.03. The molecular formula is C17H22N2S. The summed E-state index contributed by atoms with van der Waals surface area (Å²) in [5.41, 5.74) is 10.6. The van der Waals surface area contributed by atoms with Crippen molar-refractivity contribution in [3.8, 4) is 0 Å². The Hall–Kier alpha value is -1.74. The molecular weight excluding hydrogens is 264 g/mol. The lowest BCUT2D eigenvalue weighted by Crippen LogP contribution is -2.04. The fourth-order valence-electron chi connectivity index (χ4n) is 2.16. The van der Waals surface area contributed by atoms with Crippen LogP contribution >= 0.6 is 11.3 Å². The Morgan fingerprint density at radius 3 is 2.90 bits per heavy atom. The molecule has 2 nitrogen and oxygen atoms in total. The fourth-order valence-corrected chi connectivity index (χ4v) is 2.90. The molecule has 0 spiro atoms. The van der Waals surface area contributed by atoms with E-state index in [-0.39, 0.29) is 0 Å². The molecule has 0 atom stereocenters. The highest BCUT2D eigenvalue weighted by Crippen LogP contribution is 2.23. The van der Waals surface area contributed by atoms with E-state index in [1.165, 1.54) is 21.7 Å². The topological polar surface area (TPSA) is 38.0 Å². The molecule has 0 saturated carbocycles. The normalized spacial score (nSPS) is 11.6. The van der Waals surface area contributed by atoms with E-state index in [4.69, 9.17) is 5.73 Å². The molecule has 1 heterocycles. The van der Waals surface area contributed by atoms with Crippen LogP contribution in [0.15, 0.2) is 41.3 Å². The predicted octanol–water partition coefficient (Wildman–Crippen LogP) is 4.80. The first kappa shape index (κ1) is 14.7. The number of nitrogens with two attached hydrogens (primary N) is 1. The van der Waals surface area contributed by atoms with Gasteiger partial charge in [-0.1, -0.05) is 18.6 Å². The number of thiophene rings is 1. The van der Waals surface area contributed by atoms with Gasteiger partial charge in [0.25, 0.3) is 0 Å². The zero-order valence-electron chi connectivity index (χ0n) is 12.1. The molecule has 1 aromatic heterocycles. The van der Waals surface area contributed by atoms with E-state index in [1.54, 1.807) is 11.3 Å². The monoisotopic (exact) mass is 286 g/mol. The summed E-state index contributed by atoms with van der Waals surface area (Å²) in [5, 5.41) is 5.58. The van der Waals surface area contributed by atoms with Crippen molar-refractivity contribution in [2.45, 2.75) is 26.7 Å². The summed E-state index contributed by atoms with van der Waals surface area (Å²) in [6, 6.07) is 10.3. The molecule has 2 rings (SSSR count). The van der Waals surface area contributed by atoms with Crippen molar-refractivity contribution in [3.05, 3.63) is 51.7 Å². The van der Waals surface area contributed by atoms with Gasteiger partial charge < -0.3 is 11.1 Å². The first-order valence-corrected chi connectivity index (χ1v) is 7.90. The van der Waals surface area contributed by atoms with Crippen molar-refractivity contribution in [1.29, 1.82) is 0 Å². The molecule has 0 bridgehead atoms. The predicted molar refractivity (Wildman–Crippen MR) is 91.3 cm³/mol. The standard InChI is InChI=1S/C17H22N2S/c1-3-8-19-17-7-6-15(18)12-14(17)10-13(2)11-16-5-4-9-20-16/h4-7,9,11-12,19H,3,8,10,18H2,1-2H3. The molecule has 1 aromatic carbocycles. The third-order valence-electron chi connectivity index (χ3n) is 3.10. The van der Waals surface area contributed by atoms with Crippen LogP contribution in [0, 0.1) is 0 Å². The molecule has 106 valence electrons. The van der Waals surface area contributed by atoms with E-state index in [0.717, 1.165) is 25.1 Å². The van der Waals surface area contributed by atoms with Crippen LogP contribution in [0.1, 0.15) is 30.7 Å². The van der Waals surface area contributed by atoms with E-state index in [0.29, 0.717) is 0 Å². The van der Waals surface area contributed by atoms with Crippen LogP contribution in [0.25, 0.3) is 6.08 Å². The minimum Gasteiger partial charge on any atom is -0.399 e. The van der Waals surface area contributed by atoms with Crippen LogP contribution in [-0.4, -0.2) is 6.54 Å². The number of hydrogen-bond acceptors (Lipinski definition) is 3. The SMILES string of the molecule is CCCNc1ccc(N)cc1CC(C)=Cc1cccs1. The summed E-state index contributed by atoms with van der Waals surface area (Å²) in [5.74, 6) is 0. The molecule has 0 saturated heterocycles. The number of nitrogen functional groups attached to an aromatic ring is 1. The number of benzene rings is 1. The van der Waals surface area contributed by atoms with Gasteiger partial charge in [-0.2, -0.15) is 0 Å². The van der Waals surface area contributed by atoms with Crippen molar-refractivity contribution >= 4 is 28.8 Å². The average Bonchev–Trinajstić information content (AvgIpc) is 2.90. The molecule has 0 aliphatic rings. The van der Waals surface area contributed by atoms with E-state index in [1.807, 2.05) is 6.07 Å². The lowest BCUT2D eigenvalue weighted by Gasteiger charge is -2.12. The first-order valence-electron chi connectivity index (χ1n) is 7.02. The van der Waals surface area contributed by atoms with E-state index >= 15 is 0 Å². The van der Waals surface area contributed by atoms with Gasteiger partial charge in [0, 0.05) is 22.8 Å². The van der Waals surface area contributed by atoms with Crippen LogP contribution < -0.4 is 11.1 Å². The van der Waals surface area contributed by atoms with E-state index in [9.17, 15) is 0 Å². The Morgan fingerprint density at radius 2 is 2.20 bits per heavy atom. The quantitative estimate of drug-likeness (QED) is 0.749. The maximum atomic E-state index is 5.92. The smallest absolute Gasteiger partial charge is 0.0377 e. The Bertz CT molecular complexity index is 571. The van der Waals surface area contributed by atoms with E-state index in [2.05, 4.69) is 54.9 Å². The highest BCUT2D eigenvalue weighted by atomic mass is 32.1. The molecule has 20 heavy (non-hydrogen) atoms. The average molecular weight is 286 g/mol. The van der Waals surface area contributed by atoms with Gasteiger partial charge in [0.05, 0.1) is 0 Å². The minimum absolute atomic E-state index is 0.825. The molecule has 3 N–H and O–H groups in total. The Morgan fingerprint density at radius 1 is 1.35 bits per heavy atom. The highest BCUT2D eigenvalue weighted by molar-refractivity contribution is 7.10. The van der Waals surface area contributed by atoms with Gasteiger partial charge in [0.1, 0.15) is 0 Å². The molecule has 0 amide bonds. The van der Waals surface area contributed by atoms with Gasteiger partial charge in [-0.3, -0.25) is 0 Å². The molecule has 0 aliphatic heterocycles. The number of nitrogens with one attached hydrogen (secondary N) is 1. The molecule has 0 aliphatic carbocycles. The Kier molecular flexibility index (Phi) is 5.24. The summed E-state index contributed by atoms with van der Waals surface area (Å²) in [6.45, 7) is 5.34. The molecule has 0 radical (unpaired) electrons. The summed E-state index contributed by atoms with van der Waals surface area (Å²) in [6.07, 6.45) is 4.29. The largest absolute Gasteiger partial charge is 0.399 e. The second kappa shape index (κ2) is 7.15. The van der Waals surface area contributed by atoms with Gasteiger partial charge >= 0.3 is 0 Å². The maximum absolute atomic E-state index is 5.92. The van der Waals surface area contributed by atoms with Gasteiger partial charge in [0.15, 0.2) is 0 Å². The maximum Gasteiger partial charge on any atom is 0.0377 e. The highest BCUT2D eigenvalue weighted by Gasteiger charge is 2.04. The third-order valence-corrected chi connectivity index (χ3v) is 3.92. The summed E-state index contributed by atoms with van der Waals surface area (Å²) < 4.78 is 0. The van der Waals surface area contributed by atoms with Crippen LogP contribution in [-0.2, 0) is 6.42 Å². The van der Waals surface area contributed by atoms with Crippen molar-refractivity contribution in [1.82, 2.24) is 0 Å². The van der Waals surface area contributed by atoms with Crippen LogP contribution in [0.3, 0.4) is 0 Å². The number of allylic oxidation sites excluding steroid dienone is 1. The van der Waals surface area contributed by atoms with Crippen molar-refractivity contribution in [2.24, 2.45) is 0 Å². The Balaban J connectivity index is 2.16. The first-order chi connectivity index (χ1) is 9.69. The zero-order chi connectivity index (χ0) is 14.4. The summed E-state index contributed by atoms with van der Waals surface area (Å²) >= 11 is 1.77. The number of hydrogen-bond donors (Lipinski definition) is 2. The van der Waals surface area contributed by atoms with Gasteiger partial charge in [-0.05, 0) is 61.1 Å². The van der Waals surface area contributed by atoms with Crippen molar-refractivity contribution in [3.63, 3.8) is 0 Å². The summed E-state index contributed by atoms with van der Waals surface area (Å²) in [4.78, 5) is 1.30. The molecule has 2 aromatic rings. The zero-order valence-corrected chi connectivity index (χ0v) is 13.0. The van der Waals surface area contributed by atoms with Crippen molar-refractivity contribution in [2.75, 3.05) is 17.6 Å². The number of rotatable bonds is 6. The summed E-state index contributed by atoms with van der Waals surface area (Å²) in [7, 11) is 0. The third kappa shape index (κ3) is 4.14. The fraction of sp³-hybridized carbons (Fsp3) is 0.294. The van der Waals surface area contributed by atoms with Crippen molar-refractivity contribution < 1.29 is 0 Å². The molecule has 0 fully saturated rings. The minimum atomic E-state index is 0.825. The van der Waals surface area contributed by atoms with Gasteiger partial charge in [-0.25, -0.2) is 0 Å².